The summed E-state index contributed by atoms with van der Waals surface area (Å²) in [7, 11) is 0. The van der Waals surface area contributed by atoms with Gasteiger partial charge in [0.25, 0.3) is 0 Å². The fourth-order valence-corrected chi connectivity index (χ4v) is 3.55. The third-order valence-corrected chi connectivity index (χ3v) is 5.19. The topological polar surface area (TPSA) is 59.8 Å². The molecule has 0 aliphatic heterocycles. The van der Waals surface area contributed by atoms with E-state index in [1.807, 2.05) is 49.6 Å². The van der Waals surface area contributed by atoms with Crippen molar-refractivity contribution in [2.75, 3.05) is 11.1 Å². The van der Waals surface area contributed by atoms with E-state index in [1.165, 1.54) is 23.9 Å². The monoisotopic (exact) mass is 384 g/mol. The van der Waals surface area contributed by atoms with Crippen LogP contribution in [-0.2, 0) is 11.3 Å². The smallest absolute Gasteiger partial charge is 0.234 e. The lowest BCUT2D eigenvalue weighted by Crippen LogP contribution is -2.15. The van der Waals surface area contributed by atoms with Crippen LogP contribution >= 0.6 is 11.8 Å². The maximum Gasteiger partial charge on any atom is 0.234 e. The van der Waals surface area contributed by atoms with E-state index in [0.29, 0.717) is 17.4 Å². The molecule has 3 rings (SSSR count). The molecule has 3 aromatic rings. The molecule has 5 nitrogen and oxygen atoms in total. The lowest BCUT2D eigenvalue weighted by atomic mass is 10.1. The van der Waals surface area contributed by atoms with Gasteiger partial charge in [-0.1, -0.05) is 42.1 Å². The molecule has 0 unspecified atom stereocenters. The zero-order chi connectivity index (χ0) is 19.4. The van der Waals surface area contributed by atoms with Crippen LogP contribution in [-0.4, -0.2) is 26.4 Å². The summed E-state index contributed by atoms with van der Waals surface area (Å²) in [5, 5.41) is 12.0. The number of thioether (sulfide) groups is 1. The Morgan fingerprint density at radius 2 is 1.93 bits per heavy atom. The molecule has 1 heterocycles. The maximum absolute atomic E-state index is 13.4. The summed E-state index contributed by atoms with van der Waals surface area (Å²) in [6.45, 7) is 6.57. The van der Waals surface area contributed by atoms with Crippen molar-refractivity contribution in [3.8, 4) is 11.4 Å². The van der Waals surface area contributed by atoms with Crippen molar-refractivity contribution >= 4 is 23.4 Å². The number of carbonyl (C=O) groups excluding carboxylic acids is 1. The summed E-state index contributed by atoms with van der Waals surface area (Å²) in [6.07, 6.45) is 0. The minimum Gasteiger partial charge on any atom is -0.325 e. The highest BCUT2D eigenvalue weighted by Crippen LogP contribution is 2.26. The van der Waals surface area contributed by atoms with Gasteiger partial charge in [-0.15, -0.1) is 10.2 Å². The molecule has 0 fully saturated rings. The summed E-state index contributed by atoms with van der Waals surface area (Å²) >= 11 is 1.31. The number of anilines is 1. The summed E-state index contributed by atoms with van der Waals surface area (Å²) in [5.74, 6) is 0.371. The molecular weight excluding hydrogens is 363 g/mol. The van der Waals surface area contributed by atoms with Crippen LogP contribution in [0.3, 0.4) is 0 Å². The van der Waals surface area contributed by atoms with E-state index in [-0.39, 0.29) is 17.5 Å². The van der Waals surface area contributed by atoms with Gasteiger partial charge in [0.1, 0.15) is 5.82 Å². The minimum absolute atomic E-state index is 0.169. The Morgan fingerprint density at radius 3 is 2.67 bits per heavy atom. The molecule has 2 aromatic carbocycles. The zero-order valence-corrected chi connectivity index (χ0v) is 16.3. The molecule has 0 saturated heterocycles. The minimum atomic E-state index is -0.378. The molecular formula is C20H21FN4OS. The van der Waals surface area contributed by atoms with Gasteiger partial charge >= 0.3 is 0 Å². The quantitative estimate of drug-likeness (QED) is 0.638. The van der Waals surface area contributed by atoms with E-state index in [2.05, 4.69) is 15.5 Å². The Morgan fingerprint density at radius 1 is 1.15 bits per heavy atom. The summed E-state index contributed by atoms with van der Waals surface area (Å²) < 4.78 is 15.4. The van der Waals surface area contributed by atoms with Crippen molar-refractivity contribution < 1.29 is 9.18 Å². The van der Waals surface area contributed by atoms with Crippen molar-refractivity contribution in [3.05, 3.63) is 59.4 Å². The van der Waals surface area contributed by atoms with Crippen LogP contribution in [0.2, 0.25) is 0 Å². The first-order chi connectivity index (χ1) is 13.0. The Kier molecular flexibility index (Phi) is 5.91. The molecule has 1 N–H and O–H groups in total. The number of aromatic nitrogens is 3. The molecule has 0 spiro atoms. The van der Waals surface area contributed by atoms with Crippen molar-refractivity contribution in [1.82, 2.24) is 14.8 Å². The standard InChI is InChI=1S/C20H21FN4OS/c1-4-25-19(16-8-6-5-7-13(16)2)23-24-20(25)27-12-18(26)22-17-11-15(21)10-9-14(17)3/h5-11H,4,12H2,1-3H3,(H,22,26). The Balaban J connectivity index is 1.72. The number of nitrogens with one attached hydrogen (secondary N) is 1. The molecule has 27 heavy (non-hydrogen) atoms. The van der Waals surface area contributed by atoms with Crippen LogP contribution in [0.25, 0.3) is 11.4 Å². The van der Waals surface area contributed by atoms with E-state index < -0.39 is 0 Å². The van der Waals surface area contributed by atoms with Crippen molar-refractivity contribution in [2.45, 2.75) is 32.5 Å². The molecule has 0 bridgehead atoms. The average molecular weight is 384 g/mol. The van der Waals surface area contributed by atoms with E-state index in [9.17, 15) is 9.18 Å². The number of rotatable bonds is 6. The highest BCUT2D eigenvalue weighted by atomic mass is 32.2. The van der Waals surface area contributed by atoms with E-state index in [4.69, 9.17) is 0 Å². The summed E-state index contributed by atoms with van der Waals surface area (Å²) in [5.41, 5.74) is 3.44. The fourth-order valence-electron chi connectivity index (χ4n) is 2.75. The molecule has 0 aliphatic rings. The van der Waals surface area contributed by atoms with Crippen molar-refractivity contribution in [3.63, 3.8) is 0 Å². The van der Waals surface area contributed by atoms with Crippen LogP contribution in [0.15, 0.2) is 47.6 Å². The molecule has 0 atom stereocenters. The molecule has 7 heteroatoms. The van der Waals surface area contributed by atoms with Crippen molar-refractivity contribution in [2.24, 2.45) is 0 Å². The lowest BCUT2D eigenvalue weighted by molar-refractivity contribution is -0.113. The normalized spacial score (nSPS) is 10.8. The first kappa shape index (κ1) is 19.1. The molecule has 0 radical (unpaired) electrons. The fraction of sp³-hybridized carbons (Fsp3) is 0.250. The predicted molar refractivity (Wildman–Crippen MR) is 106 cm³/mol. The van der Waals surface area contributed by atoms with Gasteiger partial charge in [0.2, 0.25) is 5.91 Å². The Labute approximate surface area is 162 Å². The van der Waals surface area contributed by atoms with E-state index in [1.54, 1.807) is 6.07 Å². The number of hydrogen-bond acceptors (Lipinski definition) is 4. The highest BCUT2D eigenvalue weighted by Gasteiger charge is 2.16. The van der Waals surface area contributed by atoms with Gasteiger partial charge < -0.3 is 9.88 Å². The molecule has 140 valence electrons. The van der Waals surface area contributed by atoms with Gasteiger partial charge in [0, 0.05) is 17.8 Å². The van der Waals surface area contributed by atoms with E-state index >= 15 is 0 Å². The Hall–Kier alpha value is -2.67. The number of benzene rings is 2. The third kappa shape index (κ3) is 4.36. The number of amides is 1. The summed E-state index contributed by atoms with van der Waals surface area (Å²) in [6, 6.07) is 12.3. The summed E-state index contributed by atoms with van der Waals surface area (Å²) in [4.78, 5) is 12.3. The second kappa shape index (κ2) is 8.35. The second-order valence-corrected chi connectivity index (χ2v) is 7.10. The zero-order valence-electron chi connectivity index (χ0n) is 15.5. The number of halogens is 1. The van der Waals surface area contributed by atoms with E-state index in [0.717, 1.165) is 22.5 Å². The maximum atomic E-state index is 13.4. The molecule has 0 saturated carbocycles. The second-order valence-electron chi connectivity index (χ2n) is 6.16. The molecule has 1 aromatic heterocycles. The van der Waals surface area contributed by atoms with Crippen LogP contribution in [0.1, 0.15) is 18.1 Å². The van der Waals surface area contributed by atoms with Gasteiger partial charge in [0.15, 0.2) is 11.0 Å². The molecule has 0 aliphatic carbocycles. The van der Waals surface area contributed by atoms with Crippen molar-refractivity contribution in [1.29, 1.82) is 0 Å². The van der Waals surface area contributed by atoms with Crippen LogP contribution in [0.4, 0.5) is 10.1 Å². The Bertz CT molecular complexity index is 970. The average Bonchev–Trinajstić information content (AvgIpc) is 3.06. The SMILES string of the molecule is CCn1c(SCC(=O)Nc2cc(F)ccc2C)nnc1-c1ccccc1C. The first-order valence-corrected chi connectivity index (χ1v) is 9.66. The third-order valence-electron chi connectivity index (χ3n) is 4.23. The predicted octanol–water partition coefficient (Wildman–Crippen LogP) is 4.45. The van der Waals surface area contributed by atoms with Crippen LogP contribution in [0, 0.1) is 19.7 Å². The van der Waals surface area contributed by atoms with Gasteiger partial charge in [-0.2, -0.15) is 0 Å². The largest absolute Gasteiger partial charge is 0.325 e. The number of nitrogens with zero attached hydrogens (tertiary/aromatic N) is 3. The van der Waals surface area contributed by atoms with Gasteiger partial charge in [-0.3, -0.25) is 4.79 Å². The van der Waals surface area contributed by atoms with Crippen LogP contribution < -0.4 is 5.32 Å². The van der Waals surface area contributed by atoms with Crippen LogP contribution in [0.5, 0.6) is 0 Å². The molecule has 1 amide bonds. The highest BCUT2D eigenvalue weighted by molar-refractivity contribution is 7.99. The van der Waals surface area contributed by atoms with Gasteiger partial charge in [-0.05, 0) is 44.0 Å². The lowest BCUT2D eigenvalue weighted by Gasteiger charge is -2.10. The first-order valence-electron chi connectivity index (χ1n) is 8.67. The van der Waals surface area contributed by atoms with Gasteiger partial charge in [-0.25, -0.2) is 4.39 Å². The van der Waals surface area contributed by atoms with Gasteiger partial charge in [0.05, 0.1) is 5.75 Å². The number of aryl methyl sites for hydroxylation is 2. The number of hydrogen-bond donors (Lipinski definition) is 1. The number of carbonyl (C=O) groups is 1.